The highest BCUT2D eigenvalue weighted by molar-refractivity contribution is 5.95. The lowest BCUT2D eigenvalue weighted by Crippen LogP contribution is -2.22. The quantitative estimate of drug-likeness (QED) is 0.797. The van der Waals surface area contributed by atoms with Crippen LogP contribution in [0, 0.1) is 0 Å². The van der Waals surface area contributed by atoms with Gasteiger partial charge in [-0.15, -0.1) is 0 Å². The van der Waals surface area contributed by atoms with Gasteiger partial charge in [0, 0.05) is 26.3 Å². The first-order chi connectivity index (χ1) is 8.95. The summed E-state index contributed by atoms with van der Waals surface area (Å²) in [6.45, 7) is 5.00. The van der Waals surface area contributed by atoms with Gasteiger partial charge in [0.1, 0.15) is 11.9 Å². The van der Waals surface area contributed by atoms with Crippen molar-refractivity contribution in [3.8, 4) is 5.75 Å². The van der Waals surface area contributed by atoms with Gasteiger partial charge in [-0.05, 0) is 32.0 Å². The third-order valence-corrected chi connectivity index (χ3v) is 2.55. The molecule has 0 aliphatic heterocycles. The number of rotatable bonds is 6. The Kier molecular flexibility index (Phi) is 5.63. The van der Waals surface area contributed by atoms with Crippen molar-refractivity contribution in [3.05, 3.63) is 23.8 Å². The molecule has 5 nitrogen and oxygen atoms in total. The summed E-state index contributed by atoms with van der Waals surface area (Å²) in [5, 5.41) is 0. The Morgan fingerprint density at radius 2 is 2.11 bits per heavy atom. The molecular weight excluding hydrogens is 244 g/mol. The average molecular weight is 266 g/mol. The maximum atomic E-state index is 11.8. The van der Waals surface area contributed by atoms with Crippen LogP contribution in [0.25, 0.3) is 0 Å². The maximum Gasteiger partial charge on any atom is 0.253 e. The SMILES string of the molecule is CCOCC(C)Oc1ccc(C(=O)N(C)C)cc1N. The van der Waals surface area contributed by atoms with Gasteiger partial charge in [0.15, 0.2) is 0 Å². The second-order valence-corrected chi connectivity index (χ2v) is 4.54. The molecule has 106 valence electrons. The Morgan fingerprint density at radius 3 is 2.63 bits per heavy atom. The fourth-order valence-corrected chi connectivity index (χ4v) is 1.58. The molecule has 0 aliphatic carbocycles. The summed E-state index contributed by atoms with van der Waals surface area (Å²) >= 11 is 0. The van der Waals surface area contributed by atoms with E-state index in [1.54, 1.807) is 32.3 Å². The van der Waals surface area contributed by atoms with E-state index >= 15 is 0 Å². The molecule has 0 saturated heterocycles. The van der Waals surface area contributed by atoms with Crippen molar-refractivity contribution in [2.24, 2.45) is 0 Å². The van der Waals surface area contributed by atoms with Crippen LogP contribution in [0.15, 0.2) is 18.2 Å². The Balaban J connectivity index is 2.75. The second kappa shape index (κ2) is 6.99. The highest BCUT2D eigenvalue weighted by atomic mass is 16.5. The Labute approximate surface area is 114 Å². The number of nitrogens with two attached hydrogens (primary N) is 1. The van der Waals surface area contributed by atoms with Crippen LogP contribution in [-0.2, 0) is 4.74 Å². The standard InChI is InChI=1S/C14H22N2O3/c1-5-18-9-10(2)19-13-7-6-11(8-12(13)15)14(17)16(3)4/h6-8,10H,5,9,15H2,1-4H3. The molecule has 0 aromatic heterocycles. The van der Waals surface area contributed by atoms with Gasteiger partial charge in [-0.2, -0.15) is 0 Å². The Morgan fingerprint density at radius 1 is 1.42 bits per heavy atom. The summed E-state index contributed by atoms with van der Waals surface area (Å²) in [4.78, 5) is 13.3. The molecule has 0 aliphatic rings. The van der Waals surface area contributed by atoms with Crippen LogP contribution >= 0.6 is 0 Å². The zero-order chi connectivity index (χ0) is 14.4. The molecule has 0 heterocycles. The number of nitrogens with zero attached hydrogens (tertiary/aromatic N) is 1. The van der Waals surface area contributed by atoms with Gasteiger partial charge in [-0.25, -0.2) is 0 Å². The third kappa shape index (κ3) is 4.44. The molecular formula is C14H22N2O3. The van der Waals surface area contributed by atoms with Crippen LogP contribution in [0.5, 0.6) is 5.75 Å². The molecule has 1 rings (SSSR count). The lowest BCUT2D eigenvalue weighted by atomic mass is 10.1. The number of nitrogen functional groups attached to an aromatic ring is 1. The van der Waals surface area contributed by atoms with Crippen molar-refractivity contribution in [1.82, 2.24) is 4.90 Å². The number of anilines is 1. The van der Waals surface area contributed by atoms with Gasteiger partial charge in [-0.3, -0.25) is 4.79 Å². The largest absolute Gasteiger partial charge is 0.486 e. The first kappa shape index (κ1) is 15.3. The van der Waals surface area contributed by atoms with Crippen molar-refractivity contribution < 1.29 is 14.3 Å². The first-order valence-electron chi connectivity index (χ1n) is 6.31. The zero-order valence-corrected chi connectivity index (χ0v) is 12.0. The van der Waals surface area contributed by atoms with E-state index in [0.29, 0.717) is 30.2 Å². The summed E-state index contributed by atoms with van der Waals surface area (Å²) in [7, 11) is 3.40. The lowest BCUT2D eigenvalue weighted by molar-refractivity contribution is 0.0661. The predicted molar refractivity (Wildman–Crippen MR) is 75.5 cm³/mol. The summed E-state index contributed by atoms with van der Waals surface area (Å²) in [6, 6.07) is 5.06. The first-order valence-corrected chi connectivity index (χ1v) is 6.31. The van der Waals surface area contributed by atoms with Crippen LogP contribution < -0.4 is 10.5 Å². The molecule has 0 saturated carbocycles. The van der Waals surface area contributed by atoms with E-state index in [2.05, 4.69) is 0 Å². The van der Waals surface area contributed by atoms with Crippen LogP contribution in [0.1, 0.15) is 24.2 Å². The van der Waals surface area contributed by atoms with E-state index in [-0.39, 0.29) is 12.0 Å². The van der Waals surface area contributed by atoms with Gasteiger partial charge in [0.05, 0.1) is 12.3 Å². The molecule has 0 fully saturated rings. The molecule has 0 spiro atoms. The van der Waals surface area contributed by atoms with Gasteiger partial charge < -0.3 is 20.1 Å². The normalized spacial score (nSPS) is 12.0. The molecule has 2 N–H and O–H groups in total. The van der Waals surface area contributed by atoms with Crippen molar-refractivity contribution in [2.45, 2.75) is 20.0 Å². The second-order valence-electron chi connectivity index (χ2n) is 4.54. The Hall–Kier alpha value is -1.75. The van der Waals surface area contributed by atoms with Crippen LogP contribution in [0.4, 0.5) is 5.69 Å². The van der Waals surface area contributed by atoms with E-state index in [9.17, 15) is 4.79 Å². The molecule has 0 bridgehead atoms. The number of benzene rings is 1. The lowest BCUT2D eigenvalue weighted by Gasteiger charge is -2.17. The minimum absolute atomic E-state index is 0.0828. The van der Waals surface area contributed by atoms with Crippen molar-refractivity contribution in [2.75, 3.05) is 33.0 Å². The van der Waals surface area contributed by atoms with Gasteiger partial charge in [-0.1, -0.05) is 0 Å². The number of amides is 1. The zero-order valence-electron chi connectivity index (χ0n) is 12.0. The highest BCUT2D eigenvalue weighted by Crippen LogP contribution is 2.24. The predicted octanol–water partition coefficient (Wildman–Crippen LogP) is 1.77. The summed E-state index contributed by atoms with van der Waals surface area (Å²) in [5.74, 6) is 0.489. The molecule has 1 aromatic rings. The molecule has 19 heavy (non-hydrogen) atoms. The molecule has 5 heteroatoms. The molecule has 1 atom stereocenters. The van der Waals surface area contributed by atoms with E-state index in [1.165, 1.54) is 4.90 Å². The topological polar surface area (TPSA) is 64.8 Å². The smallest absolute Gasteiger partial charge is 0.253 e. The molecule has 1 unspecified atom stereocenters. The van der Waals surface area contributed by atoms with Crippen molar-refractivity contribution >= 4 is 11.6 Å². The van der Waals surface area contributed by atoms with E-state index in [0.717, 1.165) is 0 Å². The Bertz CT molecular complexity index is 433. The van der Waals surface area contributed by atoms with Crippen LogP contribution in [0.2, 0.25) is 0 Å². The summed E-state index contributed by atoms with van der Waals surface area (Å²) in [5.41, 5.74) is 6.90. The van der Waals surface area contributed by atoms with Crippen molar-refractivity contribution in [3.63, 3.8) is 0 Å². The fourth-order valence-electron chi connectivity index (χ4n) is 1.58. The number of carbonyl (C=O) groups excluding carboxylic acids is 1. The fraction of sp³-hybridized carbons (Fsp3) is 0.500. The molecule has 1 amide bonds. The minimum atomic E-state index is -0.0855. The summed E-state index contributed by atoms with van der Waals surface area (Å²) in [6.07, 6.45) is -0.0855. The van der Waals surface area contributed by atoms with E-state index < -0.39 is 0 Å². The third-order valence-electron chi connectivity index (χ3n) is 2.55. The van der Waals surface area contributed by atoms with Gasteiger partial charge >= 0.3 is 0 Å². The van der Waals surface area contributed by atoms with Gasteiger partial charge in [0.2, 0.25) is 0 Å². The monoisotopic (exact) mass is 266 g/mol. The summed E-state index contributed by atoms with van der Waals surface area (Å²) < 4.78 is 10.9. The maximum absolute atomic E-state index is 11.8. The number of ether oxygens (including phenoxy) is 2. The van der Waals surface area contributed by atoms with E-state index in [1.807, 2.05) is 13.8 Å². The number of hydrogen-bond acceptors (Lipinski definition) is 4. The molecule has 0 radical (unpaired) electrons. The van der Waals surface area contributed by atoms with Crippen LogP contribution in [0.3, 0.4) is 0 Å². The minimum Gasteiger partial charge on any atom is -0.486 e. The van der Waals surface area contributed by atoms with Crippen LogP contribution in [-0.4, -0.2) is 44.2 Å². The number of carbonyl (C=O) groups is 1. The highest BCUT2D eigenvalue weighted by Gasteiger charge is 2.12. The van der Waals surface area contributed by atoms with E-state index in [4.69, 9.17) is 15.2 Å². The number of hydrogen-bond donors (Lipinski definition) is 1. The van der Waals surface area contributed by atoms with Crippen molar-refractivity contribution in [1.29, 1.82) is 0 Å². The van der Waals surface area contributed by atoms with Gasteiger partial charge in [0.25, 0.3) is 5.91 Å². The average Bonchev–Trinajstić information content (AvgIpc) is 2.37. The molecule has 1 aromatic carbocycles.